The van der Waals surface area contributed by atoms with Gasteiger partial charge in [-0.15, -0.1) is 0 Å². The first-order chi connectivity index (χ1) is 6.97. The number of rotatable bonds is 5. The van der Waals surface area contributed by atoms with Gasteiger partial charge in [0.2, 0.25) is 0 Å². The van der Waals surface area contributed by atoms with Crippen LogP contribution in [-0.2, 0) is 9.59 Å². The van der Waals surface area contributed by atoms with E-state index in [4.69, 9.17) is 10.2 Å². The Morgan fingerprint density at radius 1 is 1.13 bits per heavy atom. The highest BCUT2D eigenvalue weighted by Crippen LogP contribution is 2.15. The van der Waals surface area contributed by atoms with E-state index in [1.54, 1.807) is 0 Å². The van der Waals surface area contributed by atoms with Crippen molar-refractivity contribution in [2.24, 2.45) is 0 Å². The molecule has 1 fully saturated rings. The number of carboxylic acids is 2. The minimum Gasteiger partial charge on any atom is -0.479 e. The van der Waals surface area contributed by atoms with Gasteiger partial charge in [0.25, 0.3) is 5.60 Å². The second-order valence-corrected chi connectivity index (χ2v) is 3.77. The molecule has 3 N–H and O–H groups in total. The summed E-state index contributed by atoms with van der Waals surface area (Å²) in [5.74, 6) is -3.40. The van der Waals surface area contributed by atoms with Crippen molar-refractivity contribution in [3.63, 3.8) is 0 Å². The van der Waals surface area contributed by atoms with Gasteiger partial charge in [0, 0.05) is 13.0 Å². The van der Waals surface area contributed by atoms with Crippen LogP contribution in [0.3, 0.4) is 0 Å². The lowest BCUT2D eigenvalue weighted by Crippen LogP contribution is -2.48. The molecule has 1 saturated heterocycles. The summed E-state index contributed by atoms with van der Waals surface area (Å²) in [6, 6.07) is 0. The molecule has 0 aromatic rings. The zero-order chi connectivity index (χ0) is 11.5. The molecule has 6 nitrogen and oxygen atoms in total. The molecule has 1 heterocycles. The lowest BCUT2D eigenvalue weighted by molar-refractivity contribution is -0.176. The van der Waals surface area contributed by atoms with Crippen LogP contribution < -0.4 is 0 Å². The molecule has 0 aliphatic carbocycles. The number of aliphatic carboxylic acids is 2. The number of carboxylic acid groups (broad SMARTS) is 2. The summed E-state index contributed by atoms with van der Waals surface area (Å²) in [5.41, 5.74) is -2.65. The molecule has 0 atom stereocenters. The average Bonchev–Trinajstić information content (AvgIpc) is 2.65. The van der Waals surface area contributed by atoms with Gasteiger partial charge in [-0.3, -0.25) is 0 Å². The Balaban J connectivity index is 2.51. The number of nitrogens with zero attached hydrogens (tertiary/aromatic N) is 1. The van der Waals surface area contributed by atoms with Crippen LogP contribution in [0.1, 0.15) is 19.3 Å². The van der Waals surface area contributed by atoms with Crippen LogP contribution in [0.25, 0.3) is 0 Å². The Morgan fingerprint density at radius 2 is 1.60 bits per heavy atom. The van der Waals surface area contributed by atoms with Crippen molar-refractivity contribution in [1.82, 2.24) is 4.90 Å². The fraction of sp³-hybridized carbons (Fsp3) is 0.778. The molecule has 0 amide bonds. The molecule has 0 bridgehead atoms. The summed E-state index contributed by atoms with van der Waals surface area (Å²) in [5, 5.41) is 26.7. The van der Waals surface area contributed by atoms with Crippen molar-refractivity contribution in [2.75, 3.05) is 19.6 Å². The highest BCUT2D eigenvalue weighted by atomic mass is 16.4. The molecule has 15 heavy (non-hydrogen) atoms. The van der Waals surface area contributed by atoms with E-state index in [1.807, 2.05) is 4.90 Å². The van der Waals surface area contributed by atoms with Crippen LogP contribution in [0, 0.1) is 0 Å². The summed E-state index contributed by atoms with van der Waals surface area (Å²) in [4.78, 5) is 23.2. The fourth-order valence-electron chi connectivity index (χ4n) is 1.63. The van der Waals surface area contributed by atoms with Crippen molar-refractivity contribution in [2.45, 2.75) is 24.9 Å². The van der Waals surface area contributed by atoms with E-state index in [2.05, 4.69) is 0 Å². The highest BCUT2D eigenvalue weighted by Gasteiger charge is 2.44. The van der Waals surface area contributed by atoms with Crippen LogP contribution >= 0.6 is 0 Å². The zero-order valence-electron chi connectivity index (χ0n) is 8.35. The summed E-state index contributed by atoms with van der Waals surface area (Å²) in [7, 11) is 0. The number of aliphatic hydroxyl groups is 1. The maximum Gasteiger partial charge on any atom is 0.347 e. The SMILES string of the molecule is O=C(O)C(O)(CCN1CCCC1)C(=O)O. The predicted octanol–water partition coefficient (Wildman–Crippen LogP) is -0.627. The standard InChI is InChI=1S/C9H15NO5/c11-7(12)9(15,8(13)14)3-6-10-4-1-2-5-10/h15H,1-6H2,(H,11,12)(H,13,14). The fourth-order valence-corrected chi connectivity index (χ4v) is 1.63. The van der Waals surface area contributed by atoms with Gasteiger partial charge in [-0.1, -0.05) is 0 Å². The van der Waals surface area contributed by atoms with Crippen molar-refractivity contribution < 1.29 is 24.9 Å². The molecule has 86 valence electrons. The molecule has 0 saturated carbocycles. The molecule has 0 unspecified atom stereocenters. The van der Waals surface area contributed by atoms with E-state index in [0.717, 1.165) is 25.9 Å². The molecule has 0 aromatic heterocycles. The van der Waals surface area contributed by atoms with E-state index < -0.39 is 17.5 Å². The molecule has 1 aliphatic heterocycles. The second-order valence-electron chi connectivity index (χ2n) is 3.77. The smallest absolute Gasteiger partial charge is 0.347 e. The molecule has 0 radical (unpaired) electrons. The monoisotopic (exact) mass is 217 g/mol. The van der Waals surface area contributed by atoms with E-state index in [9.17, 15) is 14.7 Å². The molecule has 1 aliphatic rings. The zero-order valence-corrected chi connectivity index (χ0v) is 8.35. The Hall–Kier alpha value is -1.14. The number of carbonyl (C=O) groups is 2. The molecular formula is C9H15NO5. The summed E-state index contributed by atoms with van der Waals surface area (Å²) < 4.78 is 0. The number of hydrogen-bond acceptors (Lipinski definition) is 4. The Labute approximate surface area is 87.1 Å². The third-order valence-electron chi connectivity index (χ3n) is 2.70. The van der Waals surface area contributed by atoms with Gasteiger partial charge < -0.3 is 20.2 Å². The van der Waals surface area contributed by atoms with Gasteiger partial charge in [0.15, 0.2) is 0 Å². The van der Waals surface area contributed by atoms with E-state index in [-0.39, 0.29) is 6.42 Å². The Morgan fingerprint density at radius 3 is 2.00 bits per heavy atom. The molecule has 0 spiro atoms. The summed E-state index contributed by atoms with van der Waals surface area (Å²) >= 11 is 0. The molecular weight excluding hydrogens is 202 g/mol. The van der Waals surface area contributed by atoms with E-state index in [1.165, 1.54) is 0 Å². The van der Waals surface area contributed by atoms with Crippen molar-refractivity contribution in [3.05, 3.63) is 0 Å². The minimum atomic E-state index is -2.65. The Bertz CT molecular complexity index is 245. The largest absolute Gasteiger partial charge is 0.479 e. The van der Waals surface area contributed by atoms with Gasteiger partial charge >= 0.3 is 11.9 Å². The summed E-state index contributed by atoms with van der Waals surface area (Å²) in [6.45, 7) is 1.99. The van der Waals surface area contributed by atoms with Crippen LogP contribution in [0.2, 0.25) is 0 Å². The third kappa shape index (κ3) is 2.66. The van der Waals surface area contributed by atoms with Gasteiger partial charge in [-0.25, -0.2) is 9.59 Å². The lowest BCUT2D eigenvalue weighted by Gasteiger charge is -2.21. The van der Waals surface area contributed by atoms with Gasteiger partial charge in [0.05, 0.1) is 0 Å². The van der Waals surface area contributed by atoms with Crippen LogP contribution in [0.15, 0.2) is 0 Å². The second kappa shape index (κ2) is 4.59. The minimum absolute atomic E-state index is 0.280. The number of likely N-dealkylation sites (tertiary alicyclic amines) is 1. The third-order valence-corrected chi connectivity index (χ3v) is 2.70. The van der Waals surface area contributed by atoms with Crippen LogP contribution in [-0.4, -0.2) is 57.4 Å². The molecule has 1 rings (SSSR count). The predicted molar refractivity (Wildman–Crippen MR) is 50.5 cm³/mol. The average molecular weight is 217 g/mol. The van der Waals surface area contributed by atoms with Crippen molar-refractivity contribution >= 4 is 11.9 Å². The Kier molecular flexibility index (Phi) is 3.65. The quantitative estimate of drug-likeness (QED) is 0.530. The maximum absolute atomic E-state index is 10.6. The first kappa shape index (κ1) is 11.9. The lowest BCUT2D eigenvalue weighted by atomic mass is 10.0. The van der Waals surface area contributed by atoms with Crippen LogP contribution in [0.4, 0.5) is 0 Å². The summed E-state index contributed by atoms with van der Waals surface area (Å²) in [6.07, 6.45) is 1.80. The van der Waals surface area contributed by atoms with Crippen molar-refractivity contribution in [1.29, 1.82) is 0 Å². The number of hydrogen-bond donors (Lipinski definition) is 3. The van der Waals surface area contributed by atoms with Crippen LogP contribution in [0.5, 0.6) is 0 Å². The highest BCUT2D eigenvalue weighted by molar-refractivity contribution is 6.01. The molecule has 0 aromatic carbocycles. The van der Waals surface area contributed by atoms with Gasteiger partial charge in [-0.2, -0.15) is 0 Å². The van der Waals surface area contributed by atoms with Gasteiger partial charge in [0.1, 0.15) is 0 Å². The maximum atomic E-state index is 10.6. The topological polar surface area (TPSA) is 98.1 Å². The van der Waals surface area contributed by atoms with Gasteiger partial charge in [-0.05, 0) is 25.9 Å². The first-order valence-electron chi connectivity index (χ1n) is 4.88. The molecule has 6 heteroatoms. The van der Waals surface area contributed by atoms with E-state index >= 15 is 0 Å². The first-order valence-corrected chi connectivity index (χ1v) is 4.88. The van der Waals surface area contributed by atoms with Crippen molar-refractivity contribution in [3.8, 4) is 0 Å². The normalized spacial score (nSPS) is 17.9. The van der Waals surface area contributed by atoms with E-state index in [0.29, 0.717) is 6.54 Å².